The van der Waals surface area contributed by atoms with E-state index in [4.69, 9.17) is 18.0 Å². The summed E-state index contributed by atoms with van der Waals surface area (Å²) in [6.45, 7) is 0.860. The summed E-state index contributed by atoms with van der Waals surface area (Å²) in [6.07, 6.45) is 9.77. The molecule has 0 aliphatic carbocycles. The van der Waals surface area contributed by atoms with Crippen LogP contribution in [0.15, 0.2) is 18.3 Å². The second kappa shape index (κ2) is 6.28. The van der Waals surface area contributed by atoms with E-state index in [1.165, 1.54) is 0 Å². The highest BCUT2D eigenvalue weighted by Gasteiger charge is 1.97. The van der Waals surface area contributed by atoms with Gasteiger partial charge in [0.05, 0.1) is 5.02 Å². The third kappa shape index (κ3) is 3.68. The molecule has 0 unspecified atom stereocenters. The van der Waals surface area contributed by atoms with Crippen molar-refractivity contribution in [1.82, 2.24) is 4.98 Å². The Bertz CT molecular complexity index is 317. The molecule has 0 spiro atoms. The van der Waals surface area contributed by atoms with Crippen molar-refractivity contribution in [2.75, 3.05) is 11.9 Å². The number of anilines is 1. The lowest BCUT2D eigenvalue weighted by Gasteiger charge is -2.05. The molecule has 0 aliphatic heterocycles. The molecule has 0 saturated carbocycles. The molecule has 1 aromatic rings. The van der Waals surface area contributed by atoms with Crippen molar-refractivity contribution in [3.8, 4) is 12.3 Å². The minimum absolute atomic E-state index is 0.657. The number of aromatic nitrogens is 1. The summed E-state index contributed by atoms with van der Waals surface area (Å²) < 4.78 is 0. The van der Waals surface area contributed by atoms with E-state index in [1.54, 1.807) is 6.20 Å². The summed E-state index contributed by atoms with van der Waals surface area (Å²) >= 11 is 5.91. The molecular weight excluding hydrogens is 196 g/mol. The Morgan fingerprint density at radius 3 is 3.07 bits per heavy atom. The smallest absolute Gasteiger partial charge is 0.144 e. The molecule has 14 heavy (non-hydrogen) atoms. The molecule has 0 saturated heterocycles. The maximum Gasteiger partial charge on any atom is 0.144 e. The Morgan fingerprint density at radius 2 is 2.36 bits per heavy atom. The Morgan fingerprint density at radius 1 is 1.50 bits per heavy atom. The largest absolute Gasteiger partial charge is 0.369 e. The van der Waals surface area contributed by atoms with Crippen LogP contribution in [0.25, 0.3) is 0 Å². The first kappa shape index (κ1) is 10.9. The topological polar surface area (TPSA) is 24.9 Å². The van der Waals surface area contributed by atoms with Gasteiger partial charge in [0.1, 0.15) is 5.82 Å². The lowest BCUT2D eigenvalue weighted by Crippen LogP contribution is -2.03. The van der Waals surface area contributed by atoms with Gasteiger partial charge >= 0.3 is 0 Å². The van der Waals surface area contributed by atoms with Crippen LogP contribution in [0.5, 0.6) is 0 Å². The predicted molar refractivity (Wildman–Crippen MR) is 60.4 cm³/mol. The number of nitrogens with one attached hydrogen (secondary N) is 1. The van der Waals surface area contributed by atoms with E-state index >= 15 is 0 Å². The van der Waals surface area contributed by atoms with Crippen LogP contribution in [0.3, 0.4) is 0 Å². The number of terminal acetylenes is 1. The zero-order chi connectivity index (χ0) is 10.2. The molecule has 0 atom stereocenters. The fourth-order valence-electron chi connectivity index (χ4n) is 1.07. The van der Waals surface area contributed by atoms with E-state index in [0.717, 1.165) is 31.6 Å². The van der Waals surface area contributed by atoms with Gasteiger partial charge in [-0.25, -0.2) is 4.98 Å². The van der Waals surface area contributed by atoms with Gasteiger partial charge in [0, 0.05) is 19.2 Å². The first-order valence-corrected chi connectivity index (χ1v) is 5.00. The van der Waals surface area contributed by atoms with Crippen LogP contribution >= 0.6 is 11.6 Å². The van der Waals surface area contributed by atoms with Crippen LogP contribution in [0.4, 0.5) is 5.82 Å². The van der Waals surface area contributed by atoms with Crippen molar-refractivity contribution in [2.45, 2.75) is 19.3 Å². The Kier molecular flexibility index (Phi) is 4.88. The number of pyridine rings is 1. The van der Waals surface area contributed by atoms with Gasteiger partial charge in [-0.05, 0) is 25.0 Å². The van der Waals surface area contributed by atoms with Gasteiger partial charge in [-0.1, -0.05) is 11.6 Å². The summed E-state index contributed by atoms with van der Waals surface area (Å²) in [5.74, 6) is 3.35. The molecule has 74 valence electrons. The van der Waals surface area contributed by atoms with Gasteiger partial charge in [0.15, 0.2) is 0 Å². The Balaban J connectivity index is 2.25. The van der Waals surface area contributed by atoms with Crippen molar-refractivity contribution >= 4 is 17.4 Å². The number of hydrogen-bond acceptors (Lipinski definition) is 2. The predicted octanol–water partition coefficient (Wildman–Crippen LogP) is 2.95. The van der Waals surface area contributed by atoms with Gasteiger partial charge < -0.3 is 5.32 Å². The van der Waals surface area contributed by atoms with Gasteiger partial charge in [-0.15, -0.1) is 12.3 Å². The van der Waals surface area contributed by atoms with Crippen LogP contribution in [0, 0.1) is 12.3 Å². The third-order valence-electron chi connectivity index (χ3n) is 1.80. The van der Waals surface area contributed by atoms with Crippen molar-refractivity contribution in [3.63, 3.8) is 0 Å². The van der Waals surface area contributed by atoms with E-state index in [9.17, 15) is 0 Å². The van der Waals surface area contributed by atoms with Crippen molar-refractivity contribution in [1.29, 1.82) is 0 Å². The van der Waals surface area contributed by atoms with Crippen molar-refractivity contribution < 1.29 is 0 Å². The highest BCUT2D eigenvalue weighted by molar-refractivity contribution is 6.32. The van der Waals surface area contributed by atoms with Crippen molar-refractivity contribution in [3.05, 3.63) is 23.4 Å². The molecule has 0 fully saturated rings. The molecule has 1 aromatic heterocycles. The highest BCUT2D eigenvalue weighted by atomic mass is 35.5. The molecule has 0 radical (unpaired) electrons. The van der Waals surface area contributed by atoms with E-state index in [1.807, 2.05) is 12.1 Å². The van der Waals surface area contributed by atoms with Crippen LogP contribution in [0.1, 0.15) is 19.3 Å². The average Bonchev–Trinajstić information content (AvgIpc) is 2.20. The molecule has 3 heteroatoms. The molecule has 2 nitrogen and oxygen atoms in total. The standard InChI is InChI=1S/C11H13ClN2/c1-2-3-4-5-8-13-11-10(12)7-6-9-14-11/h1,6-7,9H,3-5,8H2,(H,13,14). The van der Waals surface area contributed by atoms with E-state index in [-0.39, 0.29) is 0 Å². The zero-order valence-corrected chi connectivity index (χ0v) is 8.72. The second-order valence-electron chi connectivity index (χ2n) is 2.92. The Labute approximate surface area is 89.7 Å². The van der Waals surface area contributed by atoms with Gasteiger partial charge in [-0.3, -0.25) is 0 Å². The quantitative estimate of drug-likeness (QED) is 0.595. The number of rotatable bonds is 5. The average molecular weight is 209 g/mol. The number of nitrogens with zero attached hydrogens (tertiary/aromatic N) is 1. The second-order valence-corrected chi connectivity index (χ2v) is 3.33. The summed E-state index contributed by atoms with van der Waals surface area (Å²) in [7, 11) is 0. The maximum atomic E-state index is 5.91. The summed E-state index contributed by atoms with van der Waals surface area (Å²) in [6, 6.07) is 3.63. The van der Waals surface area contributed by atoms with E-state index in [0.29, 0.717) is 5.02 Å². The third-order valence-corrected chi connectivity index (χ3v) is 2.10. The minimum Gasteiger partial charge on any atom is -0.369 e. The first-order valence-electron chi connectivity index (χ1n) is 4.62. The molecule has 1 N–H and O–H groups in total. The SMILES string of the molecule is C#CCCCCNc1ncccc1Cl. The number of hydrogen-bond donors (Lipinski definition) is 1. The normalized spacial score (nSPS) is 9.43. The molecule has 1 heterocycles. The molecular formula is C11H13ClN2. The summed E-state index contributed by atoms with van der Waals surface area (Å²) in [4.78, 5) is 4.11. The molecule has 0 bridgehead atoms. The van der Waals surface area contributed by atoms with Gasteiger partial charge in [0.2, 0.25) is 0 Å². The number of halogens is 1. The van der Waals surface area contributed by atoms with E-state index in [2.05, 4.69) is 16.2 Å². The van der Waals surface area contributed by atoms with Crippen LogP contribution in [-0.2, 0) is 0 Å². The lowest BCUT2D eigenvalue weighted by molar-refractivity contribution is 0.787. The molecule has 1 rings (SSSR count). The summed E-state index contributed by atoms with van der Waals surface area (Å²) in [5.41, 5.74) is 0. The lowest BCUT2D eigenvalue weighted by atomic mass is 10.2. The van der Waals surface area contributed by atoms with Crippen molar-refractivity contribution in [2.24, 2.45) is 0 Å². The van der Waals surface area contributed by atoms with Gasteiger partial charge in [-0.2, -0.15) is 0 Å². The Hall–Kier alpha value is -1.20. The van der Waals surface area contributed by atoms with Gasteiger partial charge in [0.25, 0.3) is 0 Å². The van der Waals surface area contributed by atoms with Crippen LogP contribution < -0.4 is 5.32 Å². The monoisotopic (exact) mass is 208 g/mol. The van der Waals surface area contributed by atoms with Crippen LogP contribution in [-0.4, -0.2) is 11.5 Å². The van der Waals surface area contributed by atoms with Crippen LogP contribution in [0.2, 0.25) is 5.02 Å². The molecule has 0 aliphatic rings. The fraction of sp³-hybridized carbons (Fsp3) is 0.364. The highest BCUT2D eigenvalue weighted by Crippen LogP contribution is 2.17. The molecule has 0 amide bonds. The first-order chi connectivity index (χ1) is 6.84. The minimum atomic E-state index is 0.657. The summed E-state index contributed by atoms with van der Waals surface area (Å²) in [5, 5.41) is 3.82. The van der Waals surface area contributed by atoms with E-state index < -0.39 is 0 Å². The maximum absolute atomic E-state index is 5.91. The number of unbranched alkanes of at least 4 members (excludes halogenated alkanes) is 2. The fourth-order valence-corrected chi connectivity index (χ4v) is 1.26. The zero-order valence-electron chi connectivity index (χ0n) is 7.96. The molecule has 0 aromatic carbocycles.